The molecule has 1 aliphatic heterocycles. The van der Waals surface area contributed by atoms with Gasteiger partial charge >= 0.3 is 0 Å². The molecule has 1 aliphatic rings. The molecule has 31 heavy (non-hydrogen) atoms. The van der Waals surface area contributed by atoms with Crippen LogP contribution in [0.5, 0.6) is 0 Å². The van der Waals surface area contributed by atoms with Crippen molar-refractivity contribution in [1.29, 1.82) is 0 Å². The summed E-state index contributed by atoms with van der Waals surface area (Å²) < 4.78 is 5.84. The van der Waals surface area contributed by atoms with E-state index in [1.54, 1.807) is 18.3 Å². The van der Waals surface area contributed by atoms with Gasteiger partial charge in [0.25, 0.3) is 0 Å². The van der Waals surface area contributed by atoms with Crippen LogP contribution in [-0.4, -0.2) is 41.4 Å². The maximum absolute atomic E-state index is 13.5. The highest BCUT2D eigenvalue weighted by Crippen LogP contribution is 2.29. The van der Waals surface area contributed by atoms with Gasteiger partial charge in [0.05, 0.1) is 0 Å². The Kier molecular flexibility index (Phi) is 6.18. The Labute approximate surface area is 183 Å². The maximum Gasteiger partial charge on any atom is 0.214 e. The quantitative estimate of drug-likeness (QED) is 0.598. The molecule has 1 atom stereocenters. The zero-order valence-electron chi connectivity index (χ0n) is 18.7. The zero-order valence-corrected chi connectivity index (χ0v) is 18.7. The number of aromatic nitrogens is 2. The molecule has 3 aromatic rings. The first kappa shape index (κ1) is 21.2. The number of nitrogens with zero attached hydrogens (tertiary/aromatic N) is 3. The maximum atomic E-state index is 13.5. The van der Waals surface area contributed by atoms with Crippen molar-refractivity contribution in [2.24, 2.45) is 5.92 Å². The normalized spacial score (nSPS) is 16.7. The van der Waals surface area contributed by atoms with Crippen LogP contribution in [-0.2, 0) is 0 Å². The minimum absolute atomic E-state index is 0.134. The molecule has 0 radical (unpaired) electrons. The first-order chi connectivity index (χ1) is 14.9. The van der Waals surface area contributed by atoms with Gasteiger partial charge in [-0.1, -0.05) is 13.8 Å². The molecule has 0 aromatic carbocycles. The molecular weight excluding hydrogens is 388 g/mol. The second-order valence-electron chi connectivity index (χ2n) is 8.67. The van der Waals surface area contributed by atoms with E-state index in [0.29, 0.717) is 40.2 Å². The molecule has 0 aliphatic carbocycles. The number of aryl methyl sites for hydroxylation is 2. The predicted octanol–water partition coefficient (Wildman–Crippen LogP) is 4.41. The summed E-state index contributed by atoms with van der Waals surface area (Å²) in [6, 6.07) is 11.8. The molecule has 0 bridgehead atoms. The summed E-state index contributed by atoms with van der Waals surface area (Å²) in [6.45, 7) is 10.9. The second-order valence-corrected chi connectivity index (χ2v) is 8.67. The van der Waals surface area contributed by atoms with Crippen molar-refractivity contribution in [2.75, 3.05) is 24.5 Å². The average molecular weight is 419 g/mol. The number of anilines is 1. The highest BCUT2D eigenvalue weighted by atomic mass is 16.3. The molecule has 6 heteroatoms. The highest BCUT2D eigenvalue weighted by Gasteiger charge is 2.25. The lowest BCUT2D eigenvalue weighted by Gasteiger charge is -2.35. The number of hydrogen-bond donors (Lipinski definition) is 1. The molecule has 0 spiro atoms. The van der Waals surface area contributed by atoms with E-state index < -0.39 is 0 Å². The van der Waals surface area contributed by atoms with E-state index >= 15 is 0 Å². The minimum Gasteiger partial charge on any atom is -0.461 e. The summed E-state index contributed by atoms with van der Waals surface area (Å²) in [5, 5.41) is 3.60. The van der Waals surface area contributed by atoms with Crippen molar-refractivity contribution in [2.45, 2.75) is 40.2 Å². The van der Waals surface area contributed by atoms with Crippen molar-refractivity contribution >= 4 is 11.6 Å². The van der Waals surface area contributed by atoms with E-state index in [1.807, 2.05) is 38.1 Å². The number of carbonyl (C=O) groups is 1. The molecule has 0 amide bonds. The van der Waals surface area contributed by atoms with Crippen LogP contribution in [0.4, 0.5) is 5.82 Å². The third-order valence-electron chi connectivity index (χ3n) is 5.69. The Morgan fingerprint density at radius 1 is 1.23 bits per heavy atom. The molecule has 1 fully saturated rings. The molecule has 4 rings (SSSR count). The Morgan fingerprint density at radius 2 is 2.06 bits per heavy atom. The first-order valence-corrected chi connectivity index (χ1v) is 10.9. The van der Waals surface area contributed by atoms with E-state index in [0.717, 1.165) is 37.6 Å². The molecular formula is C25H30N4O2. The van der Waals surface area contributed by atoms with Crippen LogP contribution in [0.2, 0.25) is 0 Å². The lowest BCUT2D eigenvalue weighted by atomic mass is 10.0. The molecule has 162 valence electrons. The predicted molar refractivity (Wildman–Crippen MR) is 123 cm³/mol. The number of hydrogen-bond acceptors (Lipinski definition) is 6. The van der Waals surface area contributed by atoms with Crippen molar-refractivity contribution in [3.63, 3.8) is 0 Å². The standard InChI is InChI=1S/C25H30N4O2/c1-16(2)14-19-15-29(13-12-27-19)23-10-8-21(22-9-7-17(3)31-22)24(28-23)25(30)20-6-5-11-26-18(20)4/h5-11,16,19,27H,12-15H2,1-4H3/t19-/m0/s1. The number of furan rings is 1. The van der Waals surface area contributed by atoms with Gasteiger partial charge in [0.2, 0.25) is 5.78 Å². The van der Waals surface area contributed by atoms with Gasteiger partial charge in [-0.15, -0.1) is 0 Å². The number of ketones is 1. The van der Waals surface area contributed by atoms with Crippen LogP contribution < -0.4 is 10.2 Å². The number of carbonyl (C=O) groups excluding carboxylic acids is 1. The van der Waals surface area contributed by atoms with E-state index in [4.69, 9.17) is 9.40 Å². The van der Waals surface area contributed by atoms with Crippen molar-refractivity contribution in [1.82, 2.24) is 15.3 Å². The molecule has 1 N–H and O–H groups in total. The van der Waals surface area contributed by atoms with Gasteiger partial charge in [0.1, 0.15) is 23.0 Å². The van der Waals surface area contributed by atoms with Crippen LogP contribution in [0.25, 0.3) is 11.3 Å². The second kappa shape index (κ2) is 9.02. The fourth-order valence-corrected chi connectivity index (χ4v) is 4.19. The largest absolute Gasteiger partial charge is 0.461 e. The molecule has 4 heterocycles. The number of pyridine rings is 2. The van der Waals surface area contributed by atoms with E-state index in [9.17, 15) is 4.79 Å². The summed E-state index contributed by atoms with van der Waals surface area (Å²) in [5.74, 6) is 2.77. The Morgan fingerprint density at radius 3 is 2.77 bits per heavy atom. The van der Waals surface area contributed by atoms with Gasteiger partial charge in [-0.25, -0.2) is 4.98 Å². The van der Waals surface area contributed by atoms with E-state index in [2.05, 4.69) is 29.0 Å². The number of nitrogens with one attached hydrogen (secondary N) is 1. The van der Waals surface area contributed by atoms with Gasteiger partial charge in [-0.2, -0.15) is 0 Å². The minimum atomic E-state index is -0.134. The Hall–Kier alpha value is -2.99. The fraction of sp³-hybridized carbons (Fsp3) is 0.400. The lowest BCUT2D eigenvalue weighted by Crippen LogP contribution is -2.51. The third kappa shape index (κ3) is 4.69. The van der Waals surface area contributed by atoms with Crippen molar-refractivity contribution < 1.29 is 9.21 Å². The summed E-state index contributed by atoms with van der Waals surface area (Å²) >= 11 is 0. The monoisotopic (exact) mass is 418 g/mol. The zero-order chi connectivity index (χ0) is 22.0. The van der Waals surface area contributed by atoms with Gasteiger partial charge in [0.15, 0.2) is 0 Å². The highest BCUT2D eigenvalue weighted by molar-refractivity contribution is 6.12. The smallest absolute Gasteiger partial charge is 0.214 e. The van der Waals surface area contributed by atoms with Crippen LogP contribution in [0, 0.1) is 19.8 Å². The summed E-state index contributed by atoms with van der Waals surface area (Å²) in [4.78, 5) is 25.0. The molecule has 0 unspecified atom stereocenters. The van der Waals surface area contributed by atoms with Gasteiger partial charge in [-0.3, -0.25) is 9.78 Å². The van der Waals surface area contributed by atoms with Gasteiger partial charge in [-0.05, 0) is 62.6 Å². The van der Waals surface area contributed by atoms with Crippen LogP contribution in [0.15, 0.2) is 47.0 Å². The Bertz CT molecular complexity index is 1070. The topological polar surface area (TPSA) is 71.3 Å². The SMILES string of the molecule is Cc1ccc(-c2ccc(N3CCN[C@@H](CC(C)C)C3)nc2C(=O)c2cccnc2C)o1. The van der Waals surface area contributed by atoms with Crippen LogP contribution in [0.1, 0.15) is 47.8 Å². The third-order valence-corrected chi connectivity index (χ3v) is 5.69. The van der Waals surface area contributed by atoms with Gasteiger partial charge in [0, 0.05) is 48.7 Å². The molecule has 0 saturated carbocycles. The van der Waals surface area contributed by atoms with Crippen molar-refractivity contribution in [3.05, 3.63) is 65.3 Å². The first-order valence-electron chi connectivity index (χ1n) is 10.9. The van der Waals surface area contributed by atoms with Crippen LogP contribution in [0.3, 0.4) is 0 Å². The average Bonchev–Trinajstić information content (AvgIpc) is 3.19. The number of piperazine rings is 1. The molecule has 3 aromatic heterocycles. The van der Waals surface area contributed by atoms with E-state index in [1.165, 1.54) is 0 Å². The fourth-order valence-electron chi connectivity index (χ4n) is 4.19. The van der Waals surface area contributed by atoms with Gasteiger partial charge < -0.3 is 14.6 Å². The van der Waals surface area contributed by atoms with Crippen LogP contribution >= 0.6 is 0 Å². The van der Waals surface area contributed by atoms with E-state index in [-0.39, 0.29) is 5.78 Å². The number of rotatable bonds is 6. The Balaban J connectivity index is 1.73. The lowest BCUT2D eigenvalue weighted by molar-refractivity contribution is 0.103. The summed E-state index contributed by atoms with van der Waals surface area (Å²) in [5.41, 5.74) is 2.37. The summed E-state index contributed by atoms with van der Waals surface area (Å²) in [7, 11) is 0. The summed E-state index contributed by atoms with van der Waals surface area (Å²) in [6.07, 6.45) is 2.81. The molecule has 1 saturated heterocycles. The van der Waals surface area contributed by atoms with Crippen molar-refractivity contribution in [3.8, 4) is 11.3 Å². The molecule has 6 nitrogen and oxygen atoms in total.